The van der Waals surface area contributed by atoms with E-state index in [0.717, 1.165) is 22.7 Å². The van der Waals surface area contributed by atoms with Crippen LogP contribution >= 0.6 is 11.6 Å². The predicted octanol–water partition coefficient (Wildman–Crippen LogP) is 4.81. The second kappa shape index (κ2) is 7.58. The number of aromatic nitrogens is 3. The van der Waals surface area contributed by atoms with Gasteiger partial charge in [-0.15, -0.1) is 10.2 Å². The van der Waals surface area contributed by atoms with Gasteiger partial charge in [-0.2, -0.15) is 0 Å². The van der Waals surface area contributed by atoms with E-state index in [0.29, 0.717) is 5.82 Å². The SMILES string of the molecule is O=C(Nc1ccc(Nc2cccc3cccnc23)nn1)c1c(F)cccc1Cl. The Morgan fingerprint density at radius 1 is 0.929 bits per heavy atom. The molecule has 2 N–H and O–H groups in total. The monoisotopic (exact) mass is 393 g/mol. The van der Waals surface area contributed by atoms with Crippen LogP contribution in [0.1, 0.15) is 10.4 Å². The van der Waals surface area contributed by atoms with Gasteiger partial charge in [0.05, 0.1) is 21.8 Å². The van der Waals surface area contributed by atoms with E-state index in [1.165, 1.54) is 12.1 Å². The lowest BCUT2D eigenvalue weighted by molar-refractivity contribution is 0.102. The van der Waals surface area contributed by atoms with E-state index in [2.05, 4.69) is 25.8 Å². The third kappa shape index (κ3) is 3.60. The lowest BCUT2D eigenvalue weighted by Gasteiger charge is -2.09. The van der Waals surface area contributed by atoms with Crippen molar-refractivity contribution in [2.45, 2.75) is 0 Å². The van der Waals surface area contributed by atoms with Crippen LogP contribution in [0, 0.1) is 5.82 Å². The molecule has 4 aromatic rings. The second-order valence-electron chi connectivity index (χ2n) is 5.86. The van der Waals surface area contributed by atoms with Gasteiger partial charge >= 0.3 is 0 Å². The second-order valence-corrected chi connectivity index (χ2v) is 6.27. The van der Waals surface area contributed by atoms with Gasteiger partial charge in [-0.1, -0.05) is 35.9 Å². The van der Waals surface area contributed by atoms with Crippen molar-refractivity contribution in [2.75, 3.05) is 10.6 Å². The quantitative estimate of drug-likeness (QED) is 0.520. The topological polar surface area (TPSA) is 79.8 Å². The summed E-state index contributed by atoms with van der Waals surface area (Å²) >= 11 is 5.90. The van der Waals surface area contributed by atoms with Crippen LogP contribution in [0.5, 0.6) is 0 Å². The molecular weight excluding hydrogens is 381 g/mol. The highest BCUT2D eigenvalue weighted by Crippen LogP contribution is 2.24. The summed E-state index contributed by atoms with van der Waals surface area (Å²) in [5.41, 5.74) is 1.34. The van der Waals surface area contributed by atoms with Crippen LogP contribution in [0.15, 0.2) is 66.9 Å². The van der Waals surface area contributed by atoms with Gasteiger partial charge in [-0.25, -0.2) is 4.39 Å². The molecule has 4 rings (SSSR count). The molecule has 6 nitrogen and oxygen atoms in total. The molecule has 28 heavy (non-hydrogen) atoms. The summed E-state index contributed by atoms with van der Waals surface area (Å²) in [6.07, 6.45) is 1.71. The Morgan fingerprint density at radius 2 is 1.68 bits per heavy atom. The lowest BCUT2D eigenvalue weighted by Crippen LogP contribution is -2.15. The van der Waals surface area contributed by atoms with Gasteiger partial charge in [0.1, 0.15) is 5.82 Å². The number of nitrogens with one attached hydrogen (secondary N) is 2. The average Bonchev–Trinajstić information content (AvgIpc) is 2.70. The van der Waals surface area contributed by atoms with Crippen LogP contribution in [-0.4, -0.2) is 21.1 Å². The molecule has 2 heterocycles. The number of fused-ring (bicyclic) bond motifs is 1. The molecule has 0 spiro atoms. The molecule has 8 heteroatoms. The molecule has 0 saturated carbocycles. The maximum Gasteiger partial charge on any atom is 0.261 e. The number of carbonyl (C=O) groups excluding carboxylic acids is 1. The smallest absolute Gasteiger partial charge is 0.261 e. The normalized spacial score (nSPS) is 10.6. The number of pyridine rings is 1. The molecule has 0 aliphatic carbocycles. The highest BCUT2D eigenvalue weighted by Gasteiger charge is 2.16. The standard InChI is InChI=1S/C20H13ClFN5O/c21-13-6-2-7-14(22)18(13)20(28)25-17-10-9-16(26-27-17)24-15-8-1-4-12-5-3-11-23-19(12)15/h1-11H,(H,24,26)(H,25,27,28). The number of anilines is 3. The fourth-order valence-corrected chi connectivity index (χ4v) is 2.95. The zero-order valence-electron chi connectivity index (χ0n) is 14.4. The van der Waals surface area contributed by atoms with Crippen molar-refractivity contribution >= 4 is 45.7 Å². The number of rotatable bonds is 4. The lowest BCUT2D eigenvalue weighted by atomic mass is 10.2. The summed E-state index contributed by atoms with van der Waals surface area (Å²) < 4.78 is 13.8. The maximum absolute atomic E-state index is 13.8. The summed E-state index contributed by atoms with van der Waals surface area (Å²) in [6.45, 7) is 0. The third-order valence-corrected chi connectivity index (χ3v) is 4.31. The Hall–Kier alpha value is -3.58. The van der Waals surface area contributed by atoms with E-state index in [9.17, 15) is 9.18 Å². The first-order chi connectivity index (χ1) is 13.6. The molecule has 2 aromatic carbocycles. The van der Waals surface area contributed by atoms with E-state index in [-0.39, 0.29) is 16.4 Å². The Labute approximate surface area is 164 Å². The van der Waals surface area contributed by atoms with E-state index in [1.54, 1.807) is 18.3 Å². The Bertz CT molecular complexity index is 1140. The predicted molar refractivity (Wildman–Crippen MR) is 106 cm³/mol. The van der Waals surface area contributed by atoms with Crippen molar-refractivity contribution in [1.29, 1.82) is 0 Å². The van der Waals surface area contributed by atoms with Crippen molar-refractivity contribution in [2.24, 2.45) is 0 Å². The van der Waals surface area contributed by atoms with Gasteiger partial charge in [0, 0.05) is 11.6 Å². The Morgan fingerprint density at radius 3 is 2.46 bits per heavy atom. The average molecular weight is 394 g/mol. The van der Waals surface area contributed by atoms with Gasteiger partial charge in [-0.05, 0) is 36.4 Å². The van der Waals surface area contributed by atoms with Crippen molar-refractivity contribution in [1.82, 2.24) is 15.2 Å². The molecule has 0 saturated heterocycles. The fourth-order valence-electron chi connectivity index (χ4n) is 2.70. The van der Waals surface area contributed by atoms with Gasteiger partial charge in [0.25, 0.3) is 5.91 Å². The first-order valence-corrected chi connectivity index (χ1v) is 8.69. The number of nitrogens with zero attached hydrogens (tertiary/aromatic N) is 3. The highest BCUT2D eigenvalue weighted by atomic mass is 35.5. The first-order valence-electron chi connectivity index (χ1n) is 8.32. The minimum atomic E-state index is -0.709. The number of carbonyl (C=O) groups is 1. The first kappa shape index (κ1) is 17.8. The molecule has 0 atom stereocenters. The zero-order valence-corrected chi connectivity index (χ0v) is 15.1. The fraction of sp³-hybridized carbons (Fsp3) is 0. The summed E-state index contributed by atoms with van der Waals surface area (Å²) in [4.78, 5) is 16.6. The third-order valence-electron chi connectivity index (χ3n) is 3.99. The molecule has 0 unspecified atom stereocenters. The molecule has 0 bridgehead atoms. The number of para-hydroxylation sites is 1. The summed E-state index contributed by atoms with van der Waals surface area (Å²) in [5, 5.41) is 14.6. The van der Waals surface area contributed by atoms with E-state index < -0.39 is 11.7 Å². The van der Waals surface area contributed by atoms with Crippen LogP contribution in [0.2, 0.25) is 5.02 Å². The van der Waals surface area contributed by atoms with Crippen molar-refractivity contribution in [3.8, 4) is 0 Å². The molecule has 0 aliphatic rings. The van der Waals surface area contributed by atoms with Crippen molar-refractivity contribution in [3.63, 3.8) is 0 Å². The Kier molecular flexibility index (Phi) is 4.82. The highest BCUT2D eigenvalue weighted by molar-refractivity contribution is 6.34. The van der Waals surface area contributed by atoms with Gasteiger partial charge in [-0.3, -0.25) is 9.78 Å². The zero-order chi connectivity index (χ0) is 19.5. The molecule has 0 radical (unpaired) electrons. The van der Waals surface area contributed by atoms with Gasteiger partial charge < -0.3 is 10.6 Å². The minimum absolute atomic E-state index is 0.0206. The molecule has 0 aliphatic heterocycles. The molecule has 1 amide bonds. The number of benzene rings is 2. The van der Waals surface area contributed by atoms with Crippen LogP contribution in [0.4, 0.5) is 21.7 Å². The molecule has 0 fully saturated rings. The number of amides is 1. The van der Waals surface area contributed by atoms with Crippen molar-refractivity contribution < 1.29 is 9.18 Å². The van der Waals surface area contributed by atoms with Crippen LogP contribution in [-0.2, 0) is 0 Å². The van der Waals surface area contributed by atoms with E-state index in [1.807, 2.05) is 30.3 Å². The molecule has 2 aromatic heterocycles. The largest absolute Gasteiger partial charge is 0.337 e. The van der Waals surface area contributed by atoms with Crippen LogP contribution in [0.3, 0.4) is 0 Å². The van der Waals surface area contributed by atoms with Gasteiger partial charge in [0.2, 0.25) is 0 Å². The van der Waals surface area contributed by atoms with E-state index >= 15 is 0 Å². The number of hydrogen-bond donors (Lipinski definition) is 2. The number of halogens is 2. The summed E-state index contributed by atoms with van der Waals surface area (Å²) in [5.74, 6) is -0.762. The van der Waals surface area contributed by atoms with E-state index in [4.69, 9.17) is 11.6 Å². The summed E-state index contributed by atoms with van der Waals surface area (Å²) in [7, 11) is 0. The van der Waals surface area contributed by atoms with Gasteiger partial charge in [0.15, 0.2) is 11.6 Å². The molecular formula is C20H13ClFN5O. The minimum Gasteiger partial charge on any atom is -0.337 e. The van der Waals surface area contributed by atoms with Crippen LogP contribution < -0.4 is 10.6 Å². The maximum atomic E-state index is 13.8. The van der Waals surface area contributed by atoms with Crippen LogP contribution in [0.25, 0.3) is 10.9 Å². The molecule has 138 valence electrons. The van der Waals surface area contributed by atoms with Crippen molar-refractivity contribution in [3.05, 3.63) is 83.3 Å². The number of hydrogen-bond acceptors (Lipinski definition) is 5. The Balaban J connectivity index is 1.52. The summed E-state index contributed by atoms with van der Waals surface area (Å²) in [6, 6.07) is 16.8.